The number of benzene rings is 1. The maximum atomic E-state index is 12.4. The quantitative estimate of drug-likeness (QED) is 0.831. The van der Waals surface area contributed by atoms with Crippen LogP contribution in [-0.4, -0.2) is 42.4 Å². The number of fused-ring (bicyclic) bond motifs is 3. The number of amides is 1. The van der Waals surface area contributed by atoms with Gasteiger partial charge in [0, 0.05) is 25.2 Å². The molecule has 0 spiro atoms. The van der Waals surface area contributed by atoms with Crippen molar-refractivity contribution >= 4 is 5.91 Å². The smallest absolute Gasteiger partial charge is 0.254 e. The fourth-order valence-electron chi connectivity index (χ4n) is 3.20. The number of nitrogens with zero attached hydrogens (tertiary/aromatic N) is 2. The topological polar surface area (TPSA) is 23.6 Å². The molecule has 1 aromatic carbocycles. The van der Waals surface area contributed by atoms with Gasteiger partial charge in [-0.2, -0.15) is 0 Å². The SMILES string of the molecule is CCCCc1ccc2c(c1)C1CN(C)CCN1C2=O. The number of unbranched alkanes of at least 4 members (excludes halogenated alkanes) is 1. The van der Waals surface area contributed by atoms with Crippen LogP contribution >= 0.6 is 0 Å². The summed E-state index contributed by atoms with van der Waals surface area (Å²) in [6.45, 7) is 5.03. The number of carbonyl (C=O) groups is 1. The number of piperazine rings is 1. The van der Waals surface area contributed by atoms with Gasteiger partial charge in [0.1, 0.15) is 0 Å². The molecule has 3 rings (SSSR count). The molecule has 19 heavy (non-hydrogen) atoms. The molecule has 2 aliphatic heterocycles. The van der Waals surface area contributed by atoms with Crippen molar-refractivity contribution in [1.29, 1.82) is 0 Å². The van der Waals surface area contributed by atoms with Crippen LogP contribution in [0.25, 0.3) is 0 Å². The average molecular weight is 258 g/mol. The zero-order valence-corrected chi connectivity index (χ0v) is 11.9. The van der Waals surface area contributed by atoms with E-state index >= 15 is 0 Å². The molecule has 1 aromatic rings. The Balaban J connectivity index is 1.91. The van der Waals surface area contributed by atoms with E-state index in [9.17, 15) is 4.79 Å². The Morgan fingerprint density at radius 3 is 2.95 bits per heavy atom. The van der Waals surface area contributed by atoms with Crippen molar-refractivity contribution < 1.29 is 4.79 Å². The summed E-state index contributed by atoms with van der Waals surface area (Å²) in [5, 5.41) is 0. The van der Waals surface area contributed by atoms with Crippen molar-refractivity contribution in [3.8, 4) is 0 Å². The van der Waals surface area contributed by atoms with Gasteiger partial charge >= 0.3 is 0 Å². The molecule has 2 heterocycles. The predicted molar refractivity (Wildman–Crippen MR) is 76.3 cm³/mol. The number of likely N-dealkylation sites (N-methyl/N-ethyl adjacent to an activating group) is 1. The first-order chi connectivity index (χ1) is 9.20. The molecule has 1 atom stereocenters. The zero-order chi connectivity index (χ0) is 13.4. The van der Waals surface area contributed by atoms with Crippen LogP contribution in [0.5, 0.6) is 0 Å². The molecule has 1 amide bonds. The summed E-state index contributed by atoms with van der Waals surface area (Å²) < 4.78 is 0. The minimum atomic E-state index is 0.232. The Labute approximate surface area is 115 Å². The van der Waals surface area contributed by atoms with Crippen molar-refractivity contribution in [3.05, 3.63) is 34.9 Å². The molecule has 0 bridgehead atoms. The van der Waals surface area contributed by atoms with Crippen molar-refractivity contribution in [1.82, 2.24) is 9.80 Å². The van der Waals surface area contributed by atoms with Gasteiger partial charge < -0.3 is 9.80 Å². The summed E-state index contributed by atoms with van der Waals surface area (Å²) >= 11 is 0. The number of hydrogen-bond donors (Lipinski definition) is 0. The van der Waals surface area contributed by atoms with E-state index in [4.69, 9.17) is 0 Å². The molecule has 1 unspecified atom stereocenters. The van der Waals surface area contributed by atoms with Gasteiger partial charge in [-0.1, -0.05) is 25.5 Å². The highest BCUT2D eigenvalue weighted by atomic mass is 16.2. The van der Waals surface area contributed by atoms with Gasteiger partial charge in [0.2, 0.25) is 0 Å². The number of carbonyl (C=O) groups excluding carboxylic acids is 1. The highest BCUT2D eigenvalue weighted by Crippen LogP contribution is 2.36. The highest BCUT2D eigenvalue weighted by molar-refractivity contribution is 5.99. The molecule has 3 nitrogen and oxygen atoms in total. The van der Waals surface area contributed by atoms with E-state index in [0.29, 0.717) is 0 Å². The Kier molecular flexibility index (Phi) is 3.31. The van der Waals surface area contributed by atoms with Crippen molar-refractivity contribution in [2.45, 2.75) is 32.2 Å². The van der Waals surface area contributed by atoms with Gasteiger partial charge in [-0.3, -0.25) is 4.79 Å². The van der Waals surface area contributed by atoms with Crippen LogP contribution in [0, 0.1) is 0 Å². The molecule has 0 radical (unpaired) electrons. The molecule has 0 N–H and O–H groups in total. The molecular formula is C16H22N2O. The lowest BCUT2D eigenvalue weighted by Gasteiger charge is -2.35. The van der Waals surface area contributed by atoms with Crippen molar-refractivity contribution in [2.75, 3.05) is 26.7 Å². The highest BCUT2D eigenvalue weighted by Gasteiger charge is 2.39. The van der Waals surface area contributed by atoms with E-state index in [2.05, 4.69) is 31.0 Å². The van der Waals surface area contributed by atoms with E-state index in [1.807, 2.05) is 11.0 Å². The Morgan fingerprint density at radius 2 is 2.16 bits per heavy atom. The maximum absolute atomic E-state index is 12.4. The van der Waals surface area contributed by atoms with Crippen LogP contribution in [0.2, 0.25) is 0 Å². The number of hydrogen-bond acceptors (Lipinski definition) is 2. The first-order valence-electron chi connectivity index (χ1n) is 7.33. The Morgan fingerprint density at radius 1 is 1.32 bits per heavy atom. The van der Waals surface area contributed by atoms with Crippen LogP contribution in [0.4, 0.5) is 0 Å². The molecule has 102 valence electrons. The summed E-state index contributed by atoms with van der Waals surface area (Å²) in [5.74, 6) is 0.232. The lowest BCUT2D eigenvalue weighted by atomic mass is 9.98. The lowest BCUT2D eigenvalue weighted by molar-refractivity contribution is 0.0570. The summed E-state index contributed by atoms with van der Waals surface area (Å²) in [4.78, 5) is 16.7. The third-order valence-corrected chi connectivity index (χ3v) is 4.37. The third kappa shape index (κ3) is 2.16. The summed E-state index contributed by atoms with van der Waals surface area (Å²) in [6.07, 6.45) is 3.57. The minimum Gasteiger partial charge on any atom is -0.329 e. The molecule has 3 heteroatoms. The molecule has 1 fully saturated rings. The van der Waals surface area contributed by atoms with E-state index < -0.39 is 0 Å². The van der Waals surface area contributed by atoms with Crippen LogP contribution in [0.1, 0.15) is 47.3 Å². The zero-order valence-electron chi connectivity index (χ0n) is 11.9. The first kappa shape index (κ1) is 12.7. The summed E-state index contributed by atoms with van der Waals surface area (Å²) in [5.41, 5.74) is 3.56. The van der Waals surface area contributed by atoms with Crippen molar-refractivity contribution in [2.24, 2.45) is 0 Å². The predicted octanol–water partition coefficient (Wildman–Crippen LogP) is 2.47. The first-order valence-corrected chi connectivity index (χ1v) is 7.33. The molecule has 0 saturated carbocycles. The standard InChI is InChI=1S/C16H22N2O/c1-3-4-5-12-6-7-13-14(10-12)15-11-17(2)8-9-18(15)16(13)19/h6-7,10,15H,3-5,8-9,11H2,1-2H3. The van der Waals surface area contributed by atoms with E-state index in [0.717, 1.165) is 31.6 Å². The van der Waals surface area contributed by atoms with Crippen molar-refractivity contribution in [3.63, 3.8) is 0 Å². The second-order valence-corrected chi connectivity index (χ2v) is 5.80. The summed E-state index contributed by atoms with van der Waals surface area (Å²) in [6, 6.07) is 6.73. The fraction of sp³-hybridized carbons (Fsp3) is 0.562. The largest absolute Gasteiger partial charge is 0.329 e. The number of rotatable bonds is 3. The Hall–Kier alpha value is -1.35. The normalized spacial score (nSPS) is 22.5. The molecule has 0 aliphatic carbocycles. The summed E-state index contributed by atoms with van der Waals surface area (Å²) in [7, 11) is 2.14. The van der Waals surface area contributed by atoms with Gasteiger partial charge in [-0.25, -0.2) is 0 Å². The van der Waals surface area contributed by atoms with Gasteiger partial charge in [-0.15, -0.1) is 0 Å². The molecule has 0 aromatic heterocycles. The van der Waals surface area contributed by atoms with Gasteiger partial charge in [0.15, 0.2) is 0 Å². The van der Waals surface area contributed by atoms with Crippen LogP contribution in [0.3, 0.4) is 0 Å². The average Bonchev–Trinajstić information content (AvgIpc) is 2.69. The van der Waals surface area contributed by atoms with Gasteiger partial charge in [0.05, 0.1) is 6.04 Å². The van der Waals surface area contributed by atoms with Crippen LogP contribution in [0.15, 0.2) is 18.2 Å². The monoisotopic (exact) mass is 258 g/mol. The third-order valence-electron chi connectivity index (χ3n) is 4.37. The van der Waals surface area contributed by atoms with Crippen LogP contribution < -0.4 is 0 Å². The molecule has 1 saturated heterocycles. The van der Waals surface area contributed by atoms with Crippen LogP contribution in [-0.2, 0) is 6.42 Å². The minimum absolute atomic E-state index is 0.232. The second kappa shape index (κ2) is 4.97. The van der Waals surface area contributed by atoms with Gasteiger partial charge in [-0.05, 0) is 37.1 Å². The Bertz CT molecular complexity index is 498. The fourth-order valence-corrected chi connectivity index (χ4v) is 3.20. The molecule has 2 aliphatic rings. The second-order valence-electron chi connectivity index (χ2n) is 5.80. The number of aryl methyl sites for hydroxylation is 1. The van der Waals surface area contributed by atoms with E-state index in [1.165, 1.54) is 24.0 Å². The molecular weight excluding hydrogens is 236 g/mol. The van der Waals surface area contributed by atoms with E-state index in [-0.39, 0.29) is 11.9 Å². The maximum Gasteiger partial charge on any atom is 0.254 e. The van der Waals surface area contributed by atoms with Gasteiger partial charge in [0.25, 0.3) is 5.91 Å². The lowest BCUT2D eigenvalue weighted by Crippen LogP contribution is -2.45. The van der Waals surface area contributed by atoms with E-state index in [1.54, 1.807) is 0 Å².